The van der Waals surface area contributed by atoms with Crippen LogP contribution in [0.4, 0.5) is 5.69 Å². The fraction of sp³-hybridized carbons (Fsp3) is 0.368. The van der Waals surface area contributed by atoms with Gasteiger partial charge < -0.3 is 4.90 Å². The van der Waals surface area contributed by atoms with Gasteiger partial charge in [-0.05, 0) is 37.4 Å². The zero-order valence-corrected chi connectivity index (χ0v) is 17.5. The number of hydrogen-bond acceptors (Lipinski definition) is 6. The summed E-state index contributed by atoms with van der Waals surface area (Å²) in [5.41, 5.74) is 3.97. The van der Waals surface area contributed by atoms with Gasteiger partial charge in [-0.25, -0.2) is 13.8 Å². The standard InChI is InChI=1S/C19H24N4O3S2/c1-14(2)23-11-9-15(10-12-23)20-21-19(24)16-6-3-4-7-17(16)22-28(25,26)18-8-5-13-27-18/h3-8,13-14,22H,9-12H2,1-2H3,(H,21,24). The predicted octanol–water partition coefficient (Wildman–Crippen LogP) is 3.14. The number of sulfonamides is 1. The largest absolute Gasteiger partial charge is 0.300 e. The third-order valence-corrected chi connectivity index (χ3v) is 7.36. The first-order chi connectivity index (χ1) is 13.4. The maximum atomic E-state index is 12.6. The zero-order chi connectivity index (χ0) is 20.1. The Morgan fingerprint density at radius 3 is 2.50 bits per heavy atom. The number of anilines is 1. The van der Waals surface area contributed by atoms with Crippen LogP contribution in [0, 0.1) is 0 Å². The number of hydrogen-bond donors (Lipinski definition) is 2. The van der Waals surface area contributed by atoms with Gasteiger partial charge in [0.25, 0.3) is 15.9 Å². The van der Waals surface area contributed by atoms with E-state index in [2.05, 4.69) is 34.0 Å². The minimum Gasteiger partial charge on any atom is -0.300 e. The van der Waals surface area contributed by atoms with Crippen LogP contribution in [0.25, 0.3) is 0 Å². The Bertz CT molecular complexity index is 943. The van der Waals surface area contributed by atoms with Crippen LogP contribution in [0.2, 0.25) is 0 Å². The van der Waals surface area contributed by atoms with E-state index in [1.807, 2.05) is 0 Å². The van der Waals surface area contributed by atoms with Gasteiger partial charge in [-0.1, -0.05) is 18.2 Å². The molecule has 2 heterocycles. The average molecular weight is 421 g/mol. The molecular formula is C19H24N4O3S2. The predicted molar refractivity (Wildman–Crippen MR) is 112 cm³/mol. The molecule has 7 nitrogen and oxygen atoms in total. The molecule has 1 aliphatic heterocycles. The number of carbonyl (C=O) groups is 1. The molecule has 1 saturated heterocycles. The van der Waals surface area contributed by atoms with Crippen LogP contribution >= 0.6 is 11.3 Å². The molecule has 1 aromatic carbocycles. The molecule has 0 radical (unpaired) electrons. The number of rotatable bonds is 6. The van der Waals surface area contributed by atoms with Crippen molar-refractivity contribution in [2.45, 2.75) is 36.9 Å². The molecule has 28 heavy (non-hydrogen) atoms. The maximum absolute atomic E-state index is 12.6. The van der Waals surface area contributed by atoms with E-state index in [1.54, 1.807) is 35.7 Å². The molecule has 150 valence electrons. The molecule has 3 rings (SSSR count). The molecular weight excluding hydrogens is 396 g/mol. The van der Waals surface area contributed by atoms with Gasteiger partial charge in [-0.15, -0.1) is 11.3 Å². The Morgan fingerprint density at radius 2 is 1.86 bits per heavy atom. The molecule has 1 aliphatic rings. The molecule has 1 amide bonds. The van der Waals surface area contributed by atoms with Crippen LogP contribution in [0.3, 0.4) is 0 Å². The van der Waals surface area contributed by atoms with Crippen molar-refractivity contribution in [3.05, 3.63) is 47.3 Å². The summed E-state index contributed by atoms with van der Waals surface area (Å²) >= 11 is 1.12. The van der Waals surface area contributed by atoms with Gasteiger partial charge in [0, 0.05) is 37.7 Å². The monoisotopic (exact) mass is 420 g/mol. The van der Waals surface area contributed by atoms with Gasteiger partial charge in [-0.3, -0.25) is 9.52 Å². The van der Waals surface area contributed by atoms with Gasteiger partial charge in [-0.2, -0.15) is 5.10 Å². The third-order valence-electron chi connectivity index (χ3n) is 4.60. The van der Waals surface area contributed by atoms with E-state index in [-0.39, 0.29) is 15.5 Å². The van der Waals surface area contributed by atoms with Crippen molar-refractivity contribution in [1.29, 1.82) is 0 Å². The first kappa shape index (κ1) is 20.5. The van der Waals surface area contributed by atoms with Crippen LogP contribution in [0.1, 0.15) is 37.0 Å². The first-order valence-electron chi connectivity index (χ1n) is 9.12. The molecule has 1 fully saturated rings. The van der Waals surface area contributed by atoms with E-state index in [9.17, 15) is 13.2 Å². The van der Waals surface area contributed by atoms with Crippen molar-refractivity contribution in [1.82, 2.24) is 10.3 Å². The number of nitrogens with one attached hydrogen (secondary N) is 2. The molecule has 2 aromatic rings. The summed E-state index contributed by atoms with van der Waals surface area (Å²) in [5.74, 6) is -0.441. The highest BCUT2D eigenvalue weighted by Gasteiger charge is 2.20. The fourth-order valence-electron chi connectivity index (χ4n) is 2.98. The third kappa shape index (κ3) is 4.98. The molecule has 0 saturated carbocycles. The van der Waals surface area contributed by atoms with E-state index >= 15 is 0 Å². The second-order valence-corrected chi connectivity index (χ2v) is 9.69. The summed E-state index contributed by atoms with van der Waals surface area (Å²) in [5, 5.41) is 5.94. The smallest absolute Gasteiger partial charge is 0.273 e. The summed E-state index contributed by atoms with van der Waals surface area (Å²) in [7, 11) is -3.73. The molecule has 2 N–H and O–H groups in total. The van der Waals surface area contributed by atoms with Crippen LogP contribution in [0.15, 0.2) is 51.1 Å². The molecule has 1 aromatic heterocycles. The summed E-state index contributed by atoms with van der Waals surface area (Å²) in [6.45, 7) is 6.17. The summed E-state index contributed by atoms with van der Waals surface area (Å²) in [4.78, 5) is 15.0. The summed E-state index contributed by atoms with van der Waals surface area (Å²) in [6, 6.07) is 10.2. The minimum atomic E-state index is -3.73. The number of amides is 1. The highest BCUT2D eigenvalue weighted by Crippen LogP contribution is 2.23. The Hall–Kier alpha value is -2.23. The van der Waals surface area contributed by atoms with Crippen molar-refractivity contribution in [2.24, 2.45) is 5.10 Å². The Kier molecular flexibility index (Phi) is 6.48. The average Bonchev–Trinajstić information content (AvgIpc) is 3.22. The van der Waals surface area contributed by atoms with Crippen molar-refractivity contribution in [2.75, 3.05) is 17.8 Å². The van der Waals surface area contributed by atoms with E-state index in [0.29, 0.717) is 6.04 Å². The lowest BCUT2D eigenvalue weighted by Crippen LogP contribution is -2.39. The van der Waals surface area contributed by atoms with Crippen LogP contribution in [-0.4, -0.2) is 44.1 Å². The topological polar surface area (TPSA) is 90.9 Å². The quantitative estimate of drug-likeness (QED) is 0.703. The summed E-state index contributed by atoms with van der Waals surface area (Å²) in [6.07, 6.45) is 1.62. The molecule has 0 unspecified atom stereocenters. The maximum Gasteiger partial charge on any atom is 0.273 e. The van der Waals surface area contributed by atoms with Crippen molar-refractivity contribution >= 4 is 38.7 Å². The van der Waals surface area contributed by atoms with Crippen molar-refractivity contribution in [3.8, 4) is 0 Å². The Labute approximate surface area is 169 Å². The Morgan fingerprint density at radius 1 is 1.14 bits per heavy atom. The SMILES string of the molecule is CC(C)N1CCC(=NNC(=O)c2ccccc2NS(=O)(=O)c2cccs2)CC1. The number of carbonyl (C=O) groups excluding carboxylic acids is 1. The molecule has 0 aliphatic carbocycles. The second kappa shape index (κ2) is 8.85. The van der Waals surface area contributed by atoms with E-state index in [1.165, 1.54) is 6.07 Å². The van der Waals surface area contributed by atoms with Gasteiger partial charge in [0.15, 0.2) is 0 Å². The van der Waals surface area contributed by atoms with Crippen molar-refractivity contribution < 1.29 is 13.2 Å². The summed E-state index contributed by atoms with van der Waals surface area (Å²) < 4.78 is 27.6. The number of piperidine rings is 1. The number of hydrazone groups is 1. The number of benzene rings is 1. The van der Waals surface area contributed by atoms with E-state index in [4.69, 9.17) is 0 Å². The highest BCUT2D eigenvalue weighted by atomic mass is 32.2. The molecule has 0 bridgehead atoms. The van der Waals surface area contributed by atoms with Crippen LogP contribution < -0.4 is 10.1 Å². The minimum absolute atomic E-state index is 0.194. The van der Waals surface area contributed by atoms with Gasteiger partial charge in [0.1, 0.15) is 4.21 Å². The zero-order valence-electron chi connectivity index (χ0n) is 15.9. The number of nitrogens with zero attached hydrogens (tertiary/aromatic N) is 2. The van der Waals surface area contributed by atoms with Crippen molar-refractivity contribution in [3.63, 3.8) is 0 Å². The van der Waals surface area contributed by atoms with Gasteiger partial charge in [0.05, 0.1) is 11.3 Å². The van der Waals surface area contributed by atoms with Crippen LogP contribution in [0.5, 0.6) is 0 Å². The fourth-order valence-corrected chi connectivity index (χ4v) is 5.05. The lowest BCUT2D eigenvalue weighted by molar-refractivity contribution is 0.0955. The molecule has 0 atom stereocenters. The van der Waals surface area contributed by atoms with E-state index in [0.717, 1.165) is 43.0 Å². The first-order valence-corrected chi connectivity index (χ1v) is 11.5. The molecule has 0 spiro atoms. The number of likely N-dealkylation sites (tertiary alicyclic amines) is 1. The number of thiophene rings is 1. The lowest BCUT2D eigenvalue weighted by Gasteiger charge is -2.30. The second-order valence-electron chi connectivity index (χ2n) is 6.83. The van der Waals surface area contributed by atoms with Gasteiger partial charge >= 0.3 is 0 Å². The normalized spacial score (nSPS) is 15.5. The lowest BCUT2D eigenvalue weighted by atomic mass is 10.1. The molecule has 9 heteroatoms. The highest BCUT2D eigenvalue weighted by molar-refractivity contribution is 7.94. The number of para-hydroxylation sites is 1. The van der Waals surface area contributed by atoms with Crippen LogP contribution in [-0.2, 0) is 10.0 Å². The van der Waals surface area contributed by atoms with E-state index < -0.39 is 15.9 Å². The Balaban J connectivity index is 1.69. The van der Waals surface area contributed by atoms with Gasteiger partial charge in [0.2, 0.25) is 0 Å².